The molecule has 0 spiro atoms. The Morgan fingerprint density at radius 3 is 2.52 bits per heavy atom. The second kappa shape index (κ2) is 6.70. The summed E-state index contributed by atoms with van der Waals surface area (Å²) in [6.45, 7) is 3.37. The monoisotopic (exact) mass is 418 g/mol. The molecule has 0 unspecified atom stereocenters. The van der Waals surface area contributed by atoms with Crippen molar-refractivity contribution in [3.8, 4) is 22.4 Å². The fraction of sp³-hybridized carbons (Fsp3) is 0.158. The molecule has 0 aliphatic carbocycles. The molecular formula is C19H14ClF3N6. The summed E-state index contributed by atoms with van der Waals surface area (Å²) in [5, 5.41) is 8.29. The summed E-state index contributed by atoms with van der Waals surface area (Å²) in [7, 11) is 0. The van der Waals surface area contributed by atoms with Gasteiger partial charge in [0.1, 0.15) is 12.0 Å². The summed E-state index contributed by atoms with van der Waals surface area (Å²) in [6.07, 6.45) is -3.26. The molecule has 0 radical (unpaired) electrons. The van der Waals surface area contributed by atoms with Crippen LogP contribution in [0, 0.1) is 13.8 Å². The minimum Gasteiger partial charge on any atom is -0.369 e. The van der Waals surface area contributed by atoms with Crippen LogP contribution in [0.25, 0.3) is 28.0 Å². The molecule has 29 heavy (non-hydrogen) atoms. The van der Waals surface area contributed by atoms with Gasteiger partial charge in [0, 0.05) is 11.3 Å². The Morgan fingerprint density at radius 2 is 1.83 bits per heavy atom. The fourth-order valence-corrected chi connectivity index (χ4v) is 3.46. The number of rotatable bonds is 2. The van der Waals surface area contributed by atoms with Crippen molar-refractivity contribution in [1.29, 1.82) is 0 Å². The maximum Gasteiger partial charge on any atom is 0.433 e. The number of nitrogens with zero attached hydrogens (tertiary/aromatic N) is 5. The minimum atomic E-state index is -4.60. The van der Waals surface area contributed by atoms with E-state index in [2.05, 4.69) is 20.2 Å². The van der Waals surface area contributed by atoms with E-state index < -0.39 is 11.9 Å². The van der Waals surface area contributed by atoms with Gasteiger partial charge in [0.05, 0.1) is 16.3 Å². The standard InChI is InChI=1S/C19H14ClF3N6/c1-9-3-4-12(13(20)5-9)16-15(17-28-25-8-29(17)18(24)27-16)11-6-10(2)26-14(7-11)19(21,22)23/h3-8H,1-2H3,(H2,24,27). The van der Waals surface area contributed by atoms with Crippen LogP contribution in [-0.2, 0) is 6.18 Å². The predicted molar refractivity (Wildman–Crippen MR) is 103 cm³/mol. The number of aryl methyl sites for hydroxylation is 2. The molecule has 0 aliphatic rings. The molecule has 2 N–H and O–H groups in total. The summed E-state index contributed by atoms with van der Waals surface area (Å²) in [4.78, 5) is 8.02. The first-order valence-electron chi connectivity index (χ1n) is 8.47. The topological polar surface area (TPSA) is 82.0 Å². The first-order chi connectivity index (χ1) is 13.6. The summed E-state index contributed by atoms with van der Waals surface area (Å²) >= 11 is 6.42. The van der Waals surface area contributed by atoms with Crippen molar-refractivity contribution in [2.24, 2.45) is 0 Å². The SMILES string of the molecule is Cc1ccc(-c2nc(N)n3cnnc3c2-c2cc(C)nc(C(F)(F)F)c2)c(Cl)c1. The Morgan fingerprint density at radius 1 is 1.07 bits per heavy atom. The zero-order valence-electron chi connectivity index (χ0n) is 15.3. The van der Waals surface area contributed by atoms with Crippen LogP contribution < -0.4 is 5.73 Å². The number of fused-ring (bicyclic) bond motifs is 1. The maximum absolute atomic E-state index is 13.4. The van der Waals surface area contributed by atoms with E-state index in [1.165, 1.54) is 23.7 Å². The Balaban J connectivity index is 2.10. The van der Waals surface area contributed by atoms with Crippen molar-refractivity contribution in [1.82, 2.24) is 24.6 Å². The second-order valence-corrected chi connectivity index (χ2v) is 6.99. The molecule has 10 heteroatoms. The number of benzene rings is 1. The predicted octanol–water partition coefficient (Wildman–Crippen LogP) is 4.72. The highest BCUT2D eigenvalue weighted by atomic mass is 35.5. The van der Waals surface area contributed by atoms with Gasteiger partial charge in [0.25, 0.3) is 0 Å². The molecule has 0 fully saturated rings. The minimum absolute atomic E-state index is 0.0854. The number of pyridine rings is 1. The number of anilines is 1. The number of halogens is 4. The van der Waals surface area contributed by atoms with Crippen LogP contribution in [0.1, 0.15) is 17.0 Å². The molecule has 3 aromatic heterocycles. The summed E-state index contributed by atoms with van der Waals surface area (Å²) in [6, 6.07) is 7.80. The van der Waals surface area contributed by atoms with Crippen LogP contribution in [0.15, 0.2) is 36.7 Å². The lowest BCUT2D eigenvalue weighted by molar-refractivity contribution is -0.141. The molecule has 1 aromatic carbocycles. The van der Waals surface area contributed by atoms with E-state index >= 15 is 0 Å². The largest absolute Gasteiger partial charge is 0.433 e. The molecule has 6 nitrogen and oxygen atoms in total. The van der Waals surface area contributed by atoms with Gasteiger partial charge in [0.15, 0.2) is 5.65 Å². The van der Waals surface area contributed by atoms with Gasteiger partial charge < -0.3 is 5.73 Å². The van der Waals surface area contributed by atoms with E-state index in [9.17, 15) is 13.2 Å². The van der Waals surface area contributed by atoms with Gasteiger partial charge in [-0.25, -0.2) is 9.97 Å². The first kappa shape index (κ1) is 19.1. The Labute approximate surface area is 168 Å². The summed E-state index contributed by atoms with van der Waals surface area (Å²) < 4.78 is 41.5. The molecule has 0 saturated carbocycles. The zero-order valence-corrected chi connectivity index (χ0v) is 16.0. The summed E-state index contributed by atoms with van der Waals surface area (Å²) in [5.41, 5.74) is 7.82. The van der Waals surface area contributed by atoms with Crippen molar-refractivity contribution in [2.75, 3.05) is 5.73 Å². The number of alkyl halides is 3. The lowest BCUT2D eigenvalue weighted by Crippen LogP contribution is -2.10. The average molecular weight is 419 g/mol. The van der Waals surface area contributed by atoms with Gasteiger partial charge in [0.2, 0.25) is 5.95 Å². The molecule has 3 heterocycles. The van der Waals surface area contributed by atoms with E-state index in [1.54, 1.807) is 12.1 Å². The number of aromatic nitrogens is 5. The third kappa shape index (κ3) is 3.38. The van der Waals surface area contributed by atoms with Gasteiger partial charge >= 0.3 is 6.18 Å². The Bertz CT molecular complexity index is 1250. The van der Waals surface area contributed by atoms with E-state index in [-0.39, 0.29) is 22.9 Å². The molecule has 4 aromatic rings. The normalized spacial score (nSPS) is 11.9. The lowest BCUT2D eigenvalue weighted by atomic mass is 9.98. The van der Waals surface area contributed by atoms with E-state index in [0.717, 1.165) is 11.6 Å². The highest BCUT2D eigenvalue weighted by Gasteiger charge is 2.33. The van der Waals surface area contributed by atoms with Gasteiger partial charge in [-0.05, 0) is 43.2 Å². The van der Waals surface area contributed by atoms with Crippen molar-refractivity contribution in [2.45, 2.75) is 20.0 Å². The fourth-order valence-electron chi connectivity index (χ4n) is 3.13. The Kier molecular flexibility index (Phi) is 4.42. The molecular weight excluding hydrogens is 405 g/mol. The van der Waals surface area contributed by atoms with Crippen molar-refractivity contribution < 1.29 is 13.2 Å². The van der Waals surface area contributed by atoms with Crippen molar-refractivity contribution >= 4 is 23.2 Å². The van der Waals surface area contributed by atoms with E-state index in [1.807, 2.05) is 13.0 Å². The number of hydrogen-bond donors (Lipinski definition) is 1. The smallest absolute Gasteiger partial charge is 0.369 e. The molecule has 0 bridgehead atoms. The molecule has 0 atom stereocenters. The maximum atomic E-state index is 13.4. The average Bonchev–Trinajstić information content (AvgIpc) is 3.10. The van der Waals surface area contributed by atoms with Crippen molar-refractivity contribution in [3.05, 3.63) is 58.6 Å². The van der Waals surface area contributed by atoms with E-state index in [0.29, 0.717) is 21.8 Å². The number of nitrogens with two attached hydrogens (primary N) is 1. The zero-order chi connectivity index (χ0) is 20.9. The van der Waals surface area contributed by atoms with E-state index in [4.69, 9.17) is 17.3 Å². The third-order valence-corrected chi connectivity index (χ3v) is 4.71. The van der Waals surface area contributed by atoms with Crippen LogP contribution >= 0.6 is 11.6 Å². The highest BCUT2D eigenvalue weighted by molar-refractivity contribution is 6.33. The second-order valence-electron chi connectivity index (χ2n) is 6.58. The lowest BCUT2D eigenvalue weighted by Gasteiger charge is -2.15. The summed E-state index contributed by atoms with van der Waals surface area (Å²) in [5.74, 6) is 0.0854. The molecule has 148 valence electrons. The molecule has 0 saturated heterocycles. The van der Waals surface area contributed by atoms with Crippen LogP contribution in [0.3, 0.4) is 0 Å². The molecule has 0 aliphatic heterocycles. The first-order valence-corrected chi connectivity index (χ1v) is 8.85. The van der Waals surface area contributed by atoms with Crippen LogP contribution in [0.4, 0.5) is 19.1 Å². The highest BCUT2D eigenvalue weighted by Crippen LogP contribution is 2.39. The quantitative estimate of drug-likeness (QED) is 0.509. The van der Waals surface area contributed by atoms with Gasteiger partial charge in [-0.2, -0.15) is 13.2 Å². The van der Waals surface area contributed by atoms with Gasteiger partial charge in [-0.15, -0.1) is 10.2 Å². The molecule has 4 rings (SSSR count). The van der Waals surface area contributed by atoms with Gasteiger partial charge in [-0.3, -0.25) is 4.40 Å². The van der Waals surface area contributed by atoms with Crippen LogP contribution in [0.5, 0.6) is 0 Å². The van der Waals surface area contributed by atoms with Gasteiger partial charge in [-0.1, -0.05) is 23.7 Å². The number of nitrogen functional groups attached to an aromatic ring is 1. The number of hydrogen-bond acceptors (Lipinski definition) is 5. The van der Waals surface area contributed by atoms with Crippen LogP contribution in [0.2, 0.25) is 5.02 Å². The Hall–Kier alpha value is -3.20. The van der Waals surface area contributed by atoms with Crippen LogP contribution in [-0.4, -0.2) is 24.6 Å². The molecule has 0 amide bonds. The third-order valence-electron chi connectivity index (χ3n) is 4.39. The van der Waals surface area contributed by atoms with Crippen molar-refractivity contribution in [3.63, 3.8) is 0 Å².